The van der Waals surface area contributed by atoms with Crippen molar-refractivity contribution in [2.75, 3.05) is 25.7 Å². The van der Waals surface area contributed by atoms with Crippen LogP contribution >= 0.6 is 11.8 Å². The van der Waals surface area contributed by atoms with Crippen molar-refractivity contribution in [3.63, 3.8) is 0 Å². The van der Waals surface area contributed by atoms with Crippen molar-refractivity contribution in [2.45, 2.75) is 12.6 Å². The lowest BCUT2D eigenvalue weighted by atomic mass is 10.2. The van der Waals surface area contributed by atoms with Crippen LogP contribution in [0.3, 0.4) is 0 Å². The first-order valence-electron chi connectivity index (χ1n) is 7.07. The van der Waals surface area contributed by atoms with Gasteiger partial charge in [-0.25, -0.2) is 4.98 Å². The molecule has 7 heteroatoms. The standard InChI is InChI=1S/C15H18N4O2S/c1-18(15(21)12-8-22-9-19(12)2)7-13-16-11-6-4-3-5-10(11)14(20)17-13/h3-6,12H,7-9H2,1-2H3,(H,16,17,20). The van der Waals surface area contributed by atoms with Crippen LogP contribution in [-0.2, 0) is 11.3 Å². The van der Waals surface area contributed by atoms with Gasteiger partial charge in [-0.3, -0.25) is 14.5 Å². The number of hydrogen-bond donors (Lipinski definition) is 1. The van der Waals surface area contributed by atoms with Gasteiger partial charge in [0.05, 0.1) is 23.5 Å². The van der Waals surface area contributed by atoms with Crippen LogP contribution in [0.25, 0.3) is 10.9 Å². The Labute approximate surface area is 132 Å². The molecule has 0 saturated carbocycles. The molecule has 1 aromatic heterocycles. The van der Waals surface area contributed by atoms with E-state index in [1.165, 1.54) is 0 Å². The fraction of sp³-hybridized carbons (Fsp3) is 0.400. The number of nitrogens with zero attached hydrogens (tertiary/aromatic N) is 3. The molecule has 1 aromatic carbocycles. The molecule has 1 saturated heterocycles. The van der Waals surface area contributed by atoms with E-state index in [4.69, 9.17) is 0 Å². The van der Waals surface area contributed by atoms with Crippen LogP contribution in [0.15, 0.2) is 29.1 Å². The highest BCUT2D eigenvalue weighted by atomic mass is 32.2. The van der Waals surface area contributed by atoms with E-state index < -0.39 is 0 Å². The van der Waals surface area contributed by atoms with Gasteiger partial charge in [0.1, 0.15) is 5.82 Å². The monoisotopic (exact) mass is 318 g/mol. The summed E-state index contributed by atoms with van der Waals surface area (Å²) in [6.45, 7) is 0.300. The number of fused-ring (bicyclic) bond motifs is 1. The van der Waals surface area contributed by atoms with Gasteiger partial charge in [-0.2, -0.15) is 0 Å². The SMILES string of the molecule is CN(Cc1nc2ccccc2c(=O)[nH]1)C(=O)C1CSCN1C. The minimum atomic E-state index is -0.171. The third kappa shape index (κ3) is 2.86. The molecule has 1 atom stereocenters. The van der Waals surface area contributed by atoms with Gasteiger partial charge in [0.2, 0.25) is 5.91 Å². The van der Waals surface area contributed by atoms with Gasteiger partial charge in [0.15, 0.2) is 0 Å². The van der Waals surface area contributed by atoms with Gasteiger partial charge in [-0.1, -0.05) is 12.1 Å². The fourth-order valence-corrected chi connectivity index (χ4v) is 3.75. The molecule has 1 fully saturated rings. The normalized spacial score (nSPS) is 18.7. The summed E-state index contributed by atoms with van der Waals surface area (Å²) in [7, 11) is 3.70. The zero-order valence-corrected chi connectivity index (χ0v) is 13.4. The van der Waals surface area contributed by atoms with E-state index >= 15 is 0 Å². The maximum Gasteiger partial charge on any atom is 0.258 e. The summed E-state index contributed by atoms with van der Waals surface area (Å²) in [6, 6.07) is 7.10. The summed E-state index contributed by atoms with van der Waals surface area (Å²) in [5, 5.41) is 0.562. The first kappa shape index (κ1) is 15.1. The topological polar surface area (TPSA) is 69.3 Å². The highest BCUT2D eigenvalue weighted by Crippen LogP contribution is 2.20. The minimum absolute atomic E-state index is 0.0586. The number of carbonyl (C=O) groups excluding carboxylic acids is 1. The molecule has 1 unspecified atom stereocenters. The zero-order valence-electron chi connectivity index (χ0n) is 12.6. The van der Waals surface area contributed by atoms with Crippen molar-refractivity contribution in [3.8, 4) is 0 Å². The summed E-state index contributed by atoms with van der Waals surface area (Å²) in [6.07, 6.45) is 0. The molecule has 0 spiro atoms. The number of benzene rings is 1. The summed E-state index contributed by atoms with van der Waals surface area (Å²) >= 11 is 1.75. The number of rotatable bonds is 3. The van der Waals surface area contributed by atoms with E-state index in [1.54, 1.807) is 35.8 Å². The third-order valence-electron chi connectivity index (χ3n) is 3.81. The minimum Gasteiger partial charge on any atom is -0.337 e. The van der Waals surface area contributed by atoms with Gasteiger partial charge in [-0.05, 0) is 19.2 Å². The fourth-order valence-electron chi connectivity index (χ4n) is 2.55. The van der Waals surface area contributed by atoms with E-state index in [9.17, 15) is 9.59 Å². The summed E-state index contributed by atoms with van der Waals surface area (Å²) in [5.74, 6) is 2.24. The van der Waals surface area contributed by atoms with Gasteiger partial charge >= 0.3 is 0 Å². The molecule has 2 aromatic rings. The molecule has 1 aliphatic rings. The maximum atomic E-state index is 12.5. The van der Waals surface area contributed by atoms with E-state index in [-0.39, 0.29) is 17.5 Å². The summed E-state index contributed by atoms with van der Waals surface area (Å²) in [4.78, 5) is 35.4. The zero-order chi connectivity index (χ0) is 15.7. The smallest absolute Gasteiger partial charge is 0.258 e. The summed E-state index contributed by atoms with van der Waals surface area (Å²) < 4.78 is 0. The van der Waals surface area contributed by atoms with Crippen LogP contribution in [-0.4, -0.2) is 57.4 Å². The molecule has 1 aliphatic heterocycles. The number of aromatic nitrogens is 2. The van der Waals surface area contributed by atoms with Crippen molar-refractivity contribution in [2.24, 2.45) is 0 Å². The maximum absolute atomic E-state index is 12.5. The van der Waals surface area contributed by atoms with Crippen LogP contribution in [0.2, 0.25) is 0 Å². The molecule has 6 nitrogen and oxygen atoms in total. The largest absolute Gasteiger partial charge is 0.337 e. The number of H-pyrrole nitrogens is 1. The van der Waals surface area contributed by atoms with E-state index in [2.05, 4.69) is 9.97 Å². The first-order valence-corrected chi connectivity index (χ1v) is 8.22. The Morgan fingerprint density at radius 2 is 2.27 bits per heavy atom. The van der Waals surface area contributed by atoms with Gasteiger partial charge in [-0.15, -0.1) is 11.8 Å². The molecule has 3 rings (SSSR count). The average molecular weight is 318 g/mol. The van der Waals surface area contributed by atoms with Crippen molar-refractivity contribution >= 4 is 28.6 Å². The molecule has 1 amide bonds. The molecule has 22 heavy (non-hydrogen) atoms. The molecular formula is C15H18N4O2S. The van der Waals surface area contributed by atoms with Crippen LogP contribution in [0.4, 0.5) is 0 Å². The quantitative estimate of drug-likeness (QED) is 0.910. The number of likely N-dealkylation sites (N-methyl/N-ethyl adjacent to an activating group) is 2. The van der Waals surface area contributed by atoms with E-state index in [0.29, 0.717) is 23.3 Å². The Morgan fingerprint density at radius 3 is 3.00 bits per heavy atom. The number of aromatic amines is 1. The van der Waals surface area contributed by atoms with Crippen LogP contribution in [0.5, 0.6) is 0 Å². The number of thioether (sulfide) groups is 1. The first-order chi connectivity index (χ1) is 10.6. The second-order valence-corrected chi connectivity index (χ2v) is 6.50. The van der Waals surface area contributed by atoms with Crippen LogP contribution in [0, 0.1) is 0 Å². The predicted octanol–water partition coefficient (Wildman–Crippen LogP) is 0.886. The molecule has 2 heterocycles. The Hall–Kier alpha value is -1.86. The van der Waals surface area contributed by atoms with E-state index in [1.807, 2.05) is 24.1 Å². The second kappa shape index (κ2) is 6.10. The lowest BCUT2D eigenvalue weighted by molar-refractivity contribution is -0.134. The lowest BCUT2D eigenvalue weighted by Crippen LogP contribution is -2.43. The Bertz CT molecular complexity index is 761. The number of hydrogen-bond acceptors (Lipinski definition) is 5. The summed E-state index contributed by atoms with van der Waals surface area (Å²) in [5.41, 5.74) is 0.477. The van der Waals surface area contributed by atoms with Crippen LogP contribution < -0.4 is 5.56 Å². The highest BCUT2D eigenvalue weighted by Gasteiger charge is 2.30. The molecule has 1 N–H and O–H groups in total. The van der Waals surface area contributed by atoms with E-state index in [0.717, 1.165) is 11.6 Å². The number of nitrogens with one attached hydrogen (secondary N) is 1. The van der Waals surface area contributed by atoms with Crippen molar-refractivity contribution in [3.05, 3.63) is 40.4 Å². The number of carbonyl (C=O) groups is 1. The molecular weight excluding hydrogens is 300 g/mol. The van der Waals surface area contributed by atoms with Gasteiger partial charge < -0.3 is 9.88 Å². The Balaban J connectivity index is 1.80. The Kier molecular flexibility index (Phi) is 4.17. The van der Waals surface area contributed by atoms with Crippen LogP contribution in [0.1, 0.15) is 5.82 Å². The molecule has 116 valence electrons. The highest BCUT2D eigenvalue weighted by molar-refractivity contribution is 7.99. The number of para-hydroxylation sites is 1. The molecule has 0 radical (unpaired) electrons. The average Bonchev–Trinajstić information content (AvgIpc) is 2.92. The van der Waals surface area contributed by atoms with Gasteiger partial charge in [0.25, 0.3) is 5.56 Å². The third-order valence-corrected chi connectivity index (χ3v) is 4.95. The lowest BCUT2D eigenvalue weighted by Gasteiger charge is -2.24. The molecule has 0 aliphatic carbocycles. The van der Waals surface area contributed by atoms with Crippen molar-refractivity contribution in [1.82, 2.24) is 19.8 Å². The van der Waals surface area contributed by atoms with Crippen molar-refractivity contribution < 1.29 is 4.79 Å². The number of amides is 1. The predicted molar refractivity (Wildman–Crippen MR) is 87.7 cm³/mol. The molecule has 0 bridgehead atoms. The second-order valence-electron chi connectivity index (χ2n) is 5.50. The van der Waals surface area contributed by atoms with Crippen molar-refractivity contribution in [1.29, 1.82) is 0 Å². The van der Waals surface area contributed by atoms with Gasteiger partial charge in [0, 0.05) is 18.7 Å². The Morgan fingerprint density at radius 1 is 1.50 bits per heavy atom.